The molecule has 4 aromatic rings. The summed E-state index contributed by atoms with van der Waals surface area (Å²) >= 11 is 0. The number of nitrogens with one attached hydrogen (secondary N) is 1. The Morgan fingerprint density at radius 3 is 2.38 bits per heavy atom. The van der Waals surface area contributed by atoms with Crippen molar-refractivity contribution in [2.24, 2.45) is 4.99 Å². The van der Waals surface area contributed by atoms with E-state index in [-0.39, 0.29) is 35.6 Å². The standard InChI is InChI=1S/C43H46F2N8O5/c1-43(2,3)58-42(57)50-19-17-49(18-20-50)24-27-7-9-28(10-8-27)29-5-4-6-34(21-29)52-38-35(22-31(45)23-46-38)40(55)53(41(52)56)33-14-12-32(13-15-33)47-39(54)36-26-51-25-30(44)11-16-37(51)48-36/h4-11,16,21-23,25,32-33,36H,12-15,17-20,24,26H2,1-3H3,(H,47,54). The maximum absolute atomic E-state index is 14.6. The fourth-order valence-electron chi connectivity index (χ4n) is 8.11. The number of nitrogens with zero attached hydrogens (tertiary/aromatic N) is 7. The summed E-state index contributed by atoms with van der Waals surface area (Å²) in [7, 11) is 0. The maximum Gasteiger partial charge on any atom is 0.410 e. The fraction of sp³-hybridized carbons (Fsp3) is 0.395. The average Bonchev–Trinajstić information content (AvgIpc) is 3.63. The molecule has 302 valence electrons. The van der Waals surface area contributed by atoms with E-state index in [0.717, 1.165) is 48.6 Å². The van der Waals surface area contributed by atoms with Gasteiger partial charge in [0.25, 0.3) is 5.56 Å². The second kappa shape index (κ2) is 15.8. The van der Waals surface area contributed by atoms with Gasteiger partial charge in [0.2, 0.25) is 5.91 Å². The lowest BCUT2D eigenvalue weighted by molar-refractivity contribution is -0.123. The second-order valence-electron chi connectivity index (χ2n) is 16.3. The quantitative estimate of drug-likeness (QED) is 0.261. The Morgan fingerprint density at radius 1 is 0.914 bits per heavy atom. The van der Waals surface area contributed by atoms with Gasteiger partial charge in [0.15, 0.2) is 5.65 Å². The topological polar surface area (TPSA) is 134 Å². The van der Waals surface area contributed by atoms with Gasteiger partial charge in [-0.2, -0.15) is 0 Å². The highest BCUT2D eigenvalue weighted by Crippen LogP contribution is 2.29. The zero-order valence-electron chi connectivity index (χ0n) is 32.7. The maximum atomic E-state index is 14.6. The van der Waals surface area contributed by atoms with Gasteiger partial charge in [-0.15, -0.1) is 0 Å². The first kappa shape index (κ1) is 38.9. The molecule has 2 aromatic carbocycles. The Labute approximate surface area is 333 Å². The minimum atomic E-state index is -0.688. The summed E-state index contributed by atoms with van der Waals surface area (Å²) in [6, 6.07) is 15.3. The highest BCUT2D eigenvalue weighted by molar-refractivity contribution is 6.00. The summed E-state index contributed by atoms with van der Waals surface area (Å²) in [5.74, 6) is -0.818. The summed E-state index contributed by atoms with van der Waals surface area (Å²) in [5.41, 5.74) is 1.70. The molecule has 0 radical (unpaired) electrons. The van der Waals surface area contributed by atoms with Crippen LogP contribution in [0.5, 0.6) is 0 Å². The number of halogens is 2. The Hall–Kier alpha value is -5.96. The van der Waals surface area contributed by atoms with Crippen LogP contribution in [0.15, 0.2) is 99.6 Å². The Balaban J connectivity index is 0.972. The average molecular weight is 793 g/mol. The number of carbonyl (C=O) groups excluding carboxylic acids is 2. The lowest BCUT2D eigenvalue weighted by atomic mass is 9.90. The lowest BCUT2D eigenvalue weighted by Crippen LogP contribution is -2.49. The first-order valence-corrected chi connectivity index (χ1v) is 19.7. The number of pyridine rings is 1. The van der Waals surface area contributed by atoms with E-state index >= 15 is 0 Å². The molecule has 58 heavy (non-hydrogen) atoms. The van der Waals surface area contributed by atoms with Gasteiger partial charge in [0.1, 0.15) is 29.1 Å². The third-order valence-corrected chi connectivity index (χ3v) is 11.0. The van der Waals surface area contributed by atoms with E-state index in [4.69, 9.17) is 4.74 Å². The van der Waals surface area contributed by atoms with E-state index < -0.39 is 40.6 Å². The van der Waals surface area contributed by atoms with Crippen molar-refractivity contribution in [2.75, 3.05) is 32.7 Å². The number of rotatable bonds is 7. The minimum absolute atomic E-state index is 0.00643. The second-order valence-corrected chi connectivity index (χ2v) is 16.3. The van der Waals surface area contributed by atoms with Crippen LogP contribution in [-0.2, 0) is 16.1 Å². The van der Waals surface area contributed by atoms with E-state index in [2.05, 4.69) is 32.3 Å². The number of allylic oxidation sites excluding steroid dienone is 2. The predicted molar refractivity (Wildman–Crippen MR) is 216 cm³/mol. The fourth-order valence-corrected chi connectivity index (χ4v) is 8.11. The van der Waals surface area contributed by atoms with Gasteiger partial charge >= 0.3 is 11.8 Å². The molecule has 1 N–H and O–H groups in total. The zero-order valence-corrected chi connectivity index (χ0v) is 32.7. The van der Waals surface area contributed by atoms with Crippen LogP contribution < -0.4 is 16.6 Å². The van der Waals surface area contributed by atoms with E-state index in [0.29, 0.717) is 50.3 Å². The Morgan fingerprint density at radius 2 is 1.66 bits per heavy atom. The zero-order chi connectivity index (χ0) is 40.7. The number of ether oxygens (including phenoxy) is 1. The van der Waals surface area contributed by atoms with Crippen LogP contribution in [0.1, 0.15) is 58.1 Å². The molecule has 1 saturated carbocycles. The van der Waals surface area contributed by atoms with Crippen molar-refractivity contribution in [2.45, 2.75) is 76.7 Å². The molecular weight excluding hydrogens is 747 g/mol. The van der Waals surface area contributed by atoms with Gasteiger partial charge in [0, 0.05) is 51.0 Å². The number of carbonyl (C=O) groups is 2. The first-order chi connectivity index (χ1) is 27.8. The molecule has 2 amide bonds. The van der Waals surface area contributed by atoms with E-state index in [1.165, 1.54) is 21.4 Å². The highest BCUT2D eigenvalue weighted by Gasteiger charge is 2.33. The van der Waals surface area contributed by atoms with E-state index in [1.807, 2.05) is 51.1 Å². The summed E-state index contributed by atoms with van der Waals surface area (Å²) < 4.78 is 36.4. The molecule has 15 heteroatoms. The van der Waals surface area contributed by atoms with Crippen molar-refractivity contribution in [1.82, 2.24) is 34.1 Å². The van der Waals surface area contributed by atoms with Gasteiger partial charge in [-0.05, 0) is 93.5 Å². The molecule has 1 saturated heterocycles. The smallest absolute Gasteiger partial charge is 0.410 e. The number of piperazine rings is 1. The normalized spacial score (nSPS) is 21.1. The summed E-state index contributed by atoms with van der Waals surface area (Å²) in [4.78, 5) is 68.2. The van der Waals surface area contributed by atoms with Crippen LogP contribution >= 0.6 is 0 Å². The number of benzene rings is 2. The van der Waals surface area contributed by atoms with Crippen LogP contribution in [0.4, 0.5) is 13.6 Å². The molecule has 13 nitrogen and oxygen atoms in total. The highest BCUT2D eigenvalue weighted by atomic mass is 19.1. The van der Waals surface area contributed by atoms with Gasteiger partial charge in [-0.3, -0.25) is 24.0 Å². The van der Waals surface area contributed by atoms with Crippen LogP contribution in [0, 0.1) is 5.82 Å². The van der Waals surface area contributed by atoms with E-state index in [1.54, 1.807) is 21.9 Å². The number of amidine groups is 1. The molecule has 2 aromatic heterocycles. The van der Waals surface area contributed by atoms with Crippen LogP contribution in [0.3, 0.4) is 0 Å². The van der Waals surface area contributed by atoms with Crippen LogP contribution in [0.2, 0.25) is 0 Å². The predicted octanol–water partition coefficient (Wildman–Crippen LogP) is 5.47. The number of amides is 2. The largest absolute Gasteiger partial charge is 0.444 e. The molecule has 4 aliphatic rings. The van der Waals surface area contributed by atoms with Gasteiger partial charge in [0.05, 0.1) is 23.8 Å². The van der Waals surface area contributed by atoms with Crippen LogP contribution in [0.25, 0.3) is 27.8 Å². The van der Waals surface area contributed by atoms with Crippen LogP contribution in [-0.4, -0.2) is 97.1 Å². The molecule has 0 bridgehead atoms. The van der Waals surface area contributed by atoms with E-state index in [9.17, 15) is 28.0 Å². The molecule has 1 atom stereocenters. The number of hydrogen-bond donors (Lipinski definition) is 1. The monoisotopic (exact) mass is 792 g/mol. The van der Waals surface area contributed by atoms with Crippen molar-refractivity contribution in [3.05, 3.63) is 117 Å². The summed E-state index contributed by atoms with van der Waals surface area (Å²) in [6.45, 7) is 9.23. The SMILES string of the molecule is CC(C)(C)OC(=O)N1CCN(Cc2ccc(-c3cccc(-n4c(=O)n(C5CCC(NC(=O)C6CN7C=C(F)C=CC7=N6)CC5)c(=O)c5cc(F)cnc54)c3)cc2)CC1. The third-order valence-electron chi connectivity index (χ3n) is 11.0. The van der Waals surface area contributed by atoms with Crippen molar-refractivity contribution >= 4 is 28.9 Å². The van der Waals surface area contributed by atoms with Crippen molar-refractivity contribution in [3.8, 4) is 16.8 Å². The minimum Gasteiger partial charge on any atom is -0.444 e. The van der Waals surface area contributed by atoms with Gasteiger partial charge in [-0.1, -0.05) is 36.4 Å². The summed E-state index contributed by atoms with van der Waals surface area (Å²) in [5, 5.41) is 3.05. The Bertz CT molecular complexity index is 2450. The number of aromatic nitrogens is 3. The molecule has 8 rings (SSSR count). The lowest BCUT2D eigenvalue weighted by Gasteiger charge is -2.35. The molecule has 0 spiro atoms. The number of fused-ring (bicyclic) bond motifs is 2. The summed E-state index contributed by atoms with van der Waals surface area (Å²) in [6.07, 6.45) is 6.77. The van der Waals surface area contributed by atoms with Crippen molar-refractivity contribution in [3.63, 3.8) is 0 Å². The number of hydrogen-bond acceptors (Lipinski definition) is 9. The van der Waals surface area contributed by atoms with Gasteiger partial charge in [-0.25, -0.2) is 27.9 Å². The first-order valence-electron chi connectivity index (χ1n) is 19.7. The van der Waals surface area contributed by atoms with Gasteiger partial charge < -0.3 is 19.9 Å². The molecular formula is C43H46F2N8O5. The molecule has 2 fully saturated rings. The third kappa shape index (κ3) is 8.21. The molecule has 5 heterocycles. The molecule has 1 aliphatic carbocycles. The van der Waals surface area contributed by atoms with Crippen molar-refractivity contribution < 1.29 is 23.1 Å². The van der Waals surface area contributed by atoms with Crippen molar-refractivity contribution in [1.29, 1.82) is 0 Å². The molecule has 3 aliphatic heterocycles. The molecule has 1 unspecified atom stereocenters. The number of aliphatic imine (C=N–C) groups is 1. The Kier molecular flexibility index (Phi) is 10.6.